The highest BCUT2D eigenvalue weighted by Gasteiger charge is 2.17. The van der Waals surface area contributed by atoms with E-state index in [1.807, 2.05) is 11.8 Å². The van der Waals surface area contributed by atoms with Gasteiger partial charge in [0, 0.05) is 5.75 Å². The average molecular weight is 273 g/mol. The summed E-state index contributed by atoms with van der Waals surface area (Å²) >= 11 is 7.87. The molecular formula is C12H13ClO3S. The van der Waals surface area contributed by atoms with E-state index < -0.39 is 5.97 Å². The minimum Gasteiger partial charge on any atom is -0.488 e. The van der Waals surface area contributed by atoms with Crippen LogP contribution in [0.1, 0.15) is 23.2 Å². The van der Waals surface area contributed by atoms with Crippen molar-refractivity contribution in [1.29, 1.82) is 0 Å². The van der Waals surface area contributed by atoms with E-state index in [2.05, 4.69) is 0 Å². The van der Waals surface area contributed by atoms with E-state index in [1.54, 1.807) is 6.07 Å². The SMILES string of the molecule is O=C(O)c1ccc(OC2CCCSC2)c(Cl)c1. The van der Waals surface area contributed by atoms with Crippen LogP contribution in [0, 0.1) is 0 Å². The van der Waals surface area contributed by atoms with Crippen LogP contribution in [0.15, 0.2) is 18.2 Å². The molecule has 0 aromatic heterocycles. The van der Waals surface area contributed by atoms with Crippen molar-refractivity contribution in [2.24, 2.45) is 0 Å². The molecule has 1 unspecified atom stereocenters. The van der Waals surface area contributed by atoms with Crippen LogP contribution >= 0.6 is 23.4 Å². The van der Waals surface area contributed by atoms with Crippen LogP contribution < -0.4 is 4.74 Å². The summed E-state index contributed by atoms with van der Waals surface area (Å²) in [5.74, 6) is 1.75. The molecular weight excluding hydrogens is 260 g/mol. The normalized spacial score (nSPS) is 19.9. The number of halogens is 1. The number of hydrogen-bond donors (Lipinski definition) is 1. The maximum absolute atomic E-state index is 10.8. The molecule has 0 amide bonds. The van der Waals surface area contributed by atoms with E-state index in [0.717, 1.165) is 18.6 Å². The van der Waals surface area contributed by atoms with Gasteiger partial charge in [0.05, 0.1) is 10.6 Å². The highest BCUT2D eigenvalue weighted by atomic mass is 35.5. The Balaban J connectivity index is 2.08. The van der Waals surface area contributed by atoms with Crippen LogP contribution in [-0.2, 0) is 0 Å². The Kier molecular flexibility index (Phi) is 4.18. The standard InChI is InChI=1S/C12H13ClO3S/c13-10-6-8(12(14)15)3-4-11(10)16-9-2-1-5-17-7-9/h3-4,6,9H,1-2,5,7H2,(H,14,15). The first-order valence-corrected chi connectivity index (χ1v) is 6.97. The summed E-state index contributed by atoms with van der Waals surface area (Å²) < 4.78 is 5.78. The van der Waals surface area contributed by atoms with Gasteiger partial charge in [0.1, 0.15) is 11.9 Å². The summed E-state index contributed by atoms with van der Waals surface area (Å²) in [6, 6.07) is 4.57. The monoisotopic (exact) mass is 272 g/mol. The van der Waals surface area contributed by atoms with Crippen molar-refractivity contribution >= 4 is 29.3 Å². The zero-order valence-electron chi connectivity index (χ0n) is 9.19. The van der Waals surface area contributed by atoms with Gasteiger partial charge >= 0.3 is 5.97 Å². The van der Waals surface area contributed by atoms with Gasteiger partial charge in [-0.2, -0.15) is 11.8 Å². The first-order chi connectivity index (χ1) is 8.16. The van der Waals surface area contributed by atoms with Gasteiger partial charge in [-0.3, -0.25) is 0 Å². The Bertz CT molecular complexity index is 416. The van der Waals surface area contributed by atoms with Crippen molar-refractivity contribution in [3.63, 3.8) is 0 Å². The fourth-order valence-electron chi connectivity index (χ4n) is 1.71. The molecule has 0 bridgehead atoms. The minimum atomic E-state index is -0.980. The number of thioether (sulfide) groups is 1. The van der Waals surface area contributed by atoms with Crippen molar-refractivity contribution < 1.29 is 14.6 Å². The maximum Gasteiger partial charge on any atom is 0.335 e. The van der Waals surface area contributed by atoms with Crippen molar-refractivity contribution in [2.45, 2.75) is 18.9 Å². The topological polar surface area (TPSA) is 46.5 Å². The van der Waals surface area contributed by atoms with Gasteiger partial charge in [0.2, 0.25) is 0 Å². The molecule has 17 heavy (non-hydrogen) atoms. The molecule has 1 N–H and O–H groups in total. The fraction of sp³-hybridized carbons (Fsp3) is 0.417. The Morgan fingerprint density at radius 3 is 2.94 bits per heavy atom. The van der Waals surface area contributed by atoms with Gasteiger partial charge in [0.25, 0.3) is 0 Å². The number of carbonyl (C=O) groups is 1. The van der Waals surface area contributed by atoms with Crippen molar-refractivity contribution in [2.75, 3.05) is 11.5 Å². The van der Waals surface area contributed by atoms with E-state index in [4.69, 9.17) is 21.4 Å². The first-order valence-electron chi connectivity index (χ1n) is 5.44. The summed E-state index contributed by atoms with van der Waals surface area (Å²) in [6.45, 7) is 0. The van der Waals surface area contributed by atoms with Crippen molar-refractivity contribution in [1.82, 2.24) is 0 Å². The van der Waals surface area contributed by atoms with Gasteiger partial charge < -0.3 is 9.84 Å². The number of ether oxygens (including phenoxy) is 1. The number of aromatic carboxylic acids is 1. The molecule has 1 saturated heterocycles. The van der Waals surface area contributed by atoms with Gasteiger partial charge in [-0.15, -0.1) is 0 Å². The smallest absolute Gasteiger partial charge is 0.335 e. The van der Waals surface area contributed by atoms with Crippen molar-refractivity contribution in [3.05, 3.63) is 28.8 Å². The molecule has 0 radical (unpaired) electrons. The Morgan fingerprint density at radius 1 is 1.53 bits per heavy atom. The zero-order valence-corrected chi connectivity index (χ0v) is 10.8. The molecule has 1 atom stereocenters. The second-order valence-electron chi connectivity index (χ2n) is 3.91. The van der Waals surface area contributed by atoms with Crippen LogP contribution in [0.5, 0.6) is 5.75 Å². The lowest BCUT2D eigenvalue weighted by Crippen LogP contribution is -2.23. The summed E-state index contributed by atoms with van der Waals surface area (Å²) in [7, 11) is 0. The van der Waals surface area contributed by atoms with E-state index in [0.29, 0.717) is 10.8 Å². The molecule has 1 fully saturated rings. The molecule has 1 aliphatic heterocycles. The number of carboxylic acid groups (broad SMARTS) is 1. The lowest BCUT2D eigenvalue weighted by molar-refractivity contribution is 0.0697. The molecule has 92 valence electrons. The number of benzene rings is 1. The van der Waals surface area contributed by atoms with Crippen LogP contribution in [0.4, 0.5) is 0 Å². The molecule has 5 heteroatoms. The third kappa shape index (κ3) is 3.30. The Morgan fingerprint density at radius 2 is 2.35 bits per heavy atom. The minimum absolute atomic E-state index is 0.181. The van der Waals surface area contributed by atoms with Gasteiger partial charge in [-0.1, -0.05) is 11.6 Å². The number of carboxylic acids is 1. The van der Waals surface area contributed by atoms with Crippen LogP contribution in [0.3, 0.4) is 0 Å². The van der Waals surface area contributed by atoms with Gasteiger partial charge in [0.15, 0.2) is 0 Å². The van der Waals surface area contributed by atoms with Crippen LogP contribution in [0.25, 0.3) is 0 Å². The van der Waals surface area contributed by atoms with Crippen LogP contribution in [0.2, 0.25) is 5.02 Å². The summed E-state index contributed by atoms with van der Waals surface area (Å²) in [5.41, 5.74) is 0.181. The highest BCUT2D eigenvalue weighted by Crippen LogP contribution is 2.29. The summed E-state index contributed by atoms with van der Waals surface area (Å²) in [5, 5.41) is 9.18. The molecule has 0 saturated carbocycles. The van der Waals surface area contributed by atoms with Gasteiger partial charge in [-0.05, 0) is 36.8 Å². The van der Waals surface area contributed by atoms with E-state index in [9.17, 15) is 4.79 Å². The Labute approximate surface area is 109 Å². The van der Waals surface area contributed by atoms with Gasteiger partial charge in [-0.25, -0.2) is 4.79 Å². The summed E-state index contributed by atoms with van der Waals surface area (Å²) in [4.78, 5) is 10.8. The number of rotatable bonds is 3. The molecule has 0 spiro atoms. The highest BCUT2D eigenvalue weighted by molar-refractivity contribution is 7.99. The predicted molar refractivity (Wildman–Crippen MR) is 69.4 cm³/mol. The fourth-order valence-corrected chi connectivity index (χ4v) is 2.97. The predicted octanol–water partition coefficient (Wildman–Crippen LogP) is 3.31. The molecule has 1 aromatic rings. The van der Waals surface area contributed by atoms with Crippen LogP contribution in [-0.4, -0.2) is 28.7 Å². The van der Waals surface area contributed by atoms with E-state index >= 15 is 0 Å². The summed E-state index contributed by atoms with van der Waals surface area (Å²) in [6.07, 6.45) is 2.37. The lowest BCUT2D eigenvalue weighted by atomic mass is 10.2. The second kappa shape index (κ2) is 5.65. The molecule has 1 aliphatic rings. The zero-order chi connectivity index (χ0) is 12.3. The van der Waals surface area contributed by atoms with E-state index in [1.165, 1.54) is 17.9 Å². The Hall–Kier alpha value is -0.870. The molecule has 1 heterocycles. The number of hydrogen-bond acceptors (Lipinski definition) is 3. The third-order valence-electron chi connectivity index (χ3n) is 2.59. The molecule has 2 rings (SSSR count). The van der Waals surface area contributed by atoms with E-state index in [-0.39, 0.29) is 11.7 Å². The quantitative estimate of drug-likeness (QED) is 0.917. The largest absolute Gasteiger partial charge is 0.488 e. The maximum atomic E-state index is 10.8. The average Bonchev–Trinajstić information content (AvgIpc) is 2.33. The molecule has 1 aromatic carbocycles. The first kappa shape index (κ1) is 12.6. The molecule has 0 aliphatic carbocycles. The lowest BCUT2D eigenvalue weighted by Gasteiger charge is -2.23. The second-order valence-corrected chi connectivity index (χ2v) is 5.46. The molecule has 3 nitrogen and oxygen atoms in total. The third-order valence-corrected chi connectivity index (χ3v) is 4.07. The van der Waals surface area contributed by atoms with Crippen molar-refractivity contribution in [3.8, 4) is 5.75 Å².